The van der Waals surface area contributed by atoms with Crippen molar-refractivity contribution in [1.29, 1.82) is 0 Å². The molecule has 2 aromatic rings. The Labute approximate surface area is 120 Å². The van der Waals surface area contributed by atoms with Crippen LogP contribution in [-0.2, 0) is 0 Å². The molecule has 0 atom stereocenters. The highest BCUT2D eigenvalue weighted by Gasteiger charge is 2.20. The van der Waals surface area contributed by atoms with E-state index in [1.54, 1.807) is 19.1 Å². The minimum atomic E-state index is -1.10. The van der Waals surface area contributed by atoms with Crippen LogP contribution in [0.4, 0.5) is 5.69 Å². The second-order valence-electron chi connectivity index (χ2n) is 4.50. The molecular weight excluding hydrogens is 274 g/mol. The standard InChI is InChI=1S/C15H13NO5/c1-9-3-5-13(16(19)20)11(7-9)12-8-10(15(17)18)4-6-14(12)21-2/h3-8H,1-2H3,(H,17,18). The lowest BCUT2D eigenvalue weighted by atomic mass is 9.98. The van der Waals surface area contributed by atoms with Crippen LogP contribution < -0.4 is 4.74 Å². The van der Waals surface area contributed by atoms with Crippen LogP contribution >= 0.6 is 0 Å². The van der Waals surface area contributed by atoms with Crippen molar-refractivity contribution < 1.29 is 19.6 Å². The number of nitro groups is 1. The SMILES string of the molecule is COc1ccc(C(=O)O)cc1-c1cc(C)ccc1[N+](=O)[O-]. The number of carbonyl (C=O) groups is 1. The molecule has 2 rings (SSSR count). The van der Waals surface area contributed by atoms with E-state index in [0.29, 0.717) is 16.9 Å². The zero-order valence-electron chi connectivity index (χ0n) is 11.5. The summed E-state index contributed by atoms with van der Waals surface area (Å²) in [5.41, 5.74) is 1.49. The molecule has 0 aliphatic heterocycles. The van der Waals surface area contributed by atoms with E-state index in [9.17, 15) is 14.9 Å². The fourth-order valence-electron chi connectivity index (χ4n) is 2.08. The largest absolute Gasteiger partial charge is 0.496 e. The fraction of sp³-hybridized carbons (Fsp3) is 0.133. The topological polar surface area (TPSA) is 89.7 Å². The maximum atomic E-state index is 11.2. The molecule has 0 fully saturated rings. The van der Waals surface area contributed by atoms with Gasteiger partial charge in [-0.1, -0.05) is 11.6 Å². The van der Waals surface area contributed by atoms with Gasteiger partial charge in [0.1, 0.15) is 5.75 Å². The summed E-state index contributed by atoms with van der Waals surface area (Å²) in [7, 11) is 1.43. The number of nitrogens with zero attached hydrogens (tertiary/aromatic N) is 1. The second-order valence-corrected chi connectivity index (χ2v) is 4.50. The number of hydrogen-bond donors (Lipinski definition) is 1. The average molecular weight is 287 g/mol. The molecule has 21 heavy (non-hydrogen) atoms. The van der Waals surface area contributed by atoms with E-state index in [0.717, 1.165) is 5.56 Å². The van der Waals surface area contributed by atoms with Crippen molar-refractivity contribution in [3.63, 3.8) is 0 Å². The molecule has 0 saturated carbocycles. The van der Waals surface area contributed by atoms with Crippen LogP contribution in [0.5, 0.6) is 5.75 Å². The van der Waals surface area contributed by atoms with Crippen molar-refractivity contribution in [2.24, 2.45) is 0 Å². The van der Waals surface area contributed by atoms with Crippen molar-refractivity contribution in [3.05, 3.63) is 57.6 Å². The number of aryl methyl sites for hydroxylation is 1. The zero-order valence-corrected chi connectivity index (χ0v) is 11.5. The van der Waals surface area contributed by atoms with Gasteiger partial charge in [-0.05, 0) is 31.2 Å². The first-order valence-corrected chi connectivity index (χ1v) is 6.10. The summed E-state index contributed by atoms with van der Waals surface area (Å²) >= 11 is 0. The summed E-state index contributed by atoms with van der Waals surface area (Å²) in [6.45, 7) is 1.81. The minimum absolute atomic E-state index is 0.0432. The summed E-state index contributed by atoms with van der Waals surface area (Å²) < 4.78 is 5.19. The summed E-state index contributed by atoms with van der Waals surface area (Å²) in [6, 6.07) is 8.94. The van der Waals surface area contributed by atoms with Gasteiger partial charge in [-0.3, -0.25) is 10.1 Å². The van der Waals surface area contributed by atoms with Crippen molar-refractivity contribution in [2.75, 3.05) is 7.11 Å². The molecular formula is C15H13NO5. The quantitative estimate of drug-likeness (QED) is 0.688. The molecule has 0 aromatic heterocycles. The van der Waals surface area contributed by atoms with Crippen LogP contribution in [0.3, 0.4) is 0 Å². The number of ether oxygens (including phenoxy) is 1. The van der Waals surface area contributed by atoms with E-state index in [1.807, 2.05) is 0 Å². The van der Waals surface area contributed by atoms with Crippen molar-refractivity contribution in [1.82, 2.24) is 0 Å². The highest BCUT2D eigenvalue weighted by molar-refractivity contribution is 5.91. The third-order valence-corrected chi connectivity index (χ3v) is 3.09. The van der Waals surface area contributed by atoms with Crippen LogP contribution in [0.1, 0.15) is 15.9 Å². The lowest BCUT2D eigenvalue weighted by molar-refractivity contribution is -0.384. The van der Waals surface area contributed by atoms with Gasteiger partial charge in [0.15, 0.2) is 0 Å². The number of nitro benzene ring substituents is 1. The lowest BCUT2D eigenvalue weighted by Gasteiger charge is -2.11. The lowest BCUT2D eigenvalue weighted by Crippen LogP contribution is -1.99. The van der Waals surface area contributed by atoms with Gasteiger partial charge in [0.05, 0.1) is 23.2 Å². The second kappa shape index (κ2) is 5.62. The summed E-state index contributed by atoms with van der Waals surface area (Å²) in [5.74, 6) is -0.720. The molecule has 0 spiro atoms. The van der Waals surface area contributed by atoms with E-state index >= 15 is 0 Å². The van der Waals surface area contributed by atoms with Crippen molar-refractivity contribution in [2.45, 2.75) is 6.92 Å². The number of aromatic carboxylic acids is 1. The van der Waals surface area contributed by atoms with Gasteiger partial charge in [0.25, 0.3) is 5.69 Å². The van der Waals surface area contributed by atoms with E-state index in [1.165, 1.54) is 31.4 Å². The molecule has 6 nitrogen and oxygen atoms in total. The van der Waals surface area contributed by atoms with Crippen LogP contribution in [0.2, 0.25) is 0 Å². The number of carboxylic acid groups (broad SMARTS) is 1. The molecule has 6 heteroatoms. The Hall–Kier alpha value is -2.89. The van der Waals surface area contributed by atoms with E-state index in [-0.39, 0.29) is 11.3 Å². The normalized spacial score (nSPS) is 10.2. The number of rotatable bonds is 4. The maximum absolute atomic E-state index is 11.2. The highest BCUT2D eigenvalue weighted by atomic mass is 16.6. The van der Waals surface area contributed by atoms with E-state index in [4.69, 9.17) is 9.84 Å². The van der Waals surface area contributed by atoms with Gasteiger partial charge < -0.3 is 9.84 Å². The Morgan fingerprint density at radius 2 is 1.90 bits per heavy atom. The Bertz CT molecular complexity index is 724. The highest BCUT2D eigenvalue weighted by Crippen LogP contribution is 2.37. The van der Waals surface area contributed by atoms with Crippen molar-refractivity contribution in [3.8, 4) is 16.9 Å². The summed E-state index contributed by atoms with van der Waals surface area (Å²) in [6.07, 6.45) is 0. The maximum Gasteiger partial charge on any atom is 0.335 e. The van der Waals surface area contributed by atoms with Crippen LogP contribution in [0, 0.1) is 17.0 Å². The smallest absolute Gasteiger partial charge is 0.335 e. The summed E-state index contributed by atoms with van der Waals surface area (Å²) in [4.78, 5) is 21.8. The molecule has 0 saturated heterocycles. The number of hydrogen-bond acceptors (Lipinski definition) is 4. The fourth-order valence-corrected chi connectivity index (χ4v) is 2.08. The van der Waals surface area contributed by atoms with Gasteiger partial charge in [-0.15, -0.1) is 0 Å². The molecule has 1 N–H and O–H groups in total. The van der Waals surface area contributed by atoms with Gasteiger partial charge >= 0.3 is 5.97 Å². The first kappa shape index (κ1) is 14.5. The molecule has 2 aromatic carbocycles. The van der Waals surface area contributed by atoms with Gasteiger partial charge in [0.2, 0.25) is 0 Å². The van der Waals surface area contributed by atoms with E-state index in [2.05, 4.69) is 0 Å². The molecule has 0 aliphatic carbocycles. The van der Waals surface area contributed by atoms with Gasteiger partial charge in [-0.25, -0.2) is 4.79 Å². The Morgan fingerprint density at radius 3 is 2.48 bits per heavy atom. The monoisotopic (exact) mass is 287 g/mol. The molecule has 0 unspecified atom stereocenters. The van der Waals surface area contributed by atoms with Crippen LogP contribution in [-0.4, -0.2) is 23.1 Å². The van der Waals surface area contributed by atoms with Crippen molar-refractivity contribution >= 4 is 11.7 Å². The molecule has 0 radical (unpaired) electrons. The zero-order chi connectivity index (χ0) is 15.6. The Morgan fingerprint density at radius 1 is 1.19 bits per heavy atom. The van der Waals surface area contributed by atoms with Gasteiger partial charge in [0, 0.05) is 11.6 Å². The third kappa shape index (κ3) is 2.84. The molecule has 108 valence electrons. The molecule has 0 aliphatic rings. The van der Waals surface area contributed by atoms with Crippen LogP contribution in [0.15, 0.2) is 36.4 Å². The van der Waals surface area contributed by atoms with Gasteiger partial charge in [-0.2, -0.15) is 0 Å². The predicted molar refractivity (Wildman–Crippen MR) is 76.8 cm³/mol. The first-order valence-electron chi connectivity index (χ1n) is 6.10. The number of methoxy groups -OCH3 is 1. The summed E-state index contributed by atoms with van der Waals surface area (Å²) in [5, 5.41) is 20.3. The first-order chi connectivity index (χ1) is 9.93. The molecule has 0 heterocycles. The van der Waals surface area contributed by atoms with Crippen LogP contribution in [0.25, 0.3) is 11.1 Å². The molecule has 0 amide bonds. The predicted octanol–water partition coefficient (Wildman–Crippen LogP) is 3.28. The number of benzene rings is 2. The average Bonchev–Trinajstić information content (AvgIpc) is 2.46. The minimum Gasteiger partial charge on any atom is -0.496 e. The Balaban J connectivity index is 2.75. The third-order valence-electron chi connectivity index (χ3n) is 3.09. The van der Waals surface area contributed by atoms with E-state index < -0.39 is 10.9 Å². The Kier molecular flexibility index (Phi) is 3.89. The molecule has 0 bridgehead atoms. The number of carboxylic acids is 1.